The summed E-state index contributed by atoms with van der Waals surface area (Å²) in [7, 11) is 0. The summed E-state index contributed by atoms with van der Waals surface area (Å²) >= 11 is 2.26. The fourth-order valence-corrected chi connectivity index (χ4v) is 0.927. The van der Waals surface area contributed by atoms with Gasteiger partial charge in [-0.3, -0.25) is 0 Å². The van der Waals surface area contributed by atoms with Crippen LogP contribution >= 0.6 is 22.6 Å². The summed E-state index contributed by atoms with van der Waals surface area (Å²) in [5, 5.41) is 0. The first-order valence-electron chi connectivity index (χ1n) is 2.61. The number of benzene rings is 1. The van der Waals surface area contributed by atoms with Crippen molar-refractivity contribution in [1.82, 2.24) is 0 Å². The monoisotopic (exact) mass is 229 g/mol. The smallest absolute Gasteiger partial charge is 0.0130 e. The molecule has 0 unspecified atom stereocenters. The molecule has 0 spiro atoms. The van der Waals surface area contributed by atoms with E-state index in [1.54, 1.807) is 0 Å². The van der Waals surface area contributed by atoms with Crippen LogP contribution in [0.15, 0.2) is 30.8 Å². The van der Waals surface area contributed by atoms with Gasteiger partial charge in [0.2, 0.25) is 0 Å². The molecule has 0 atom stereocenters. The zero-order valence-corrected chi connectivity index (χ0v) is 7.05. The van der Waals surface area contributed by atoms with Crippen LogP contribution in [-0.4, -0.2) is 0 Å². The van der Waals surface area contributed by atoms with E-state index < -0.39 is 0 Å². The summed E-state index contributed by atoms with van der Waals surface area (Å²) in [6, 6.07) is 8.06. The van der Waals surface area contributed by atoms with Crippen molar-refractivity contribution in [3.63, 3.8) is 0 Å². The van der Waals surface area contributed by atoms with Crippen molar-refractivity contribution < 1.29 is 0 Å². The van der Waals surface area contributed by atoms with Gasteiger partial charge in [-0.25, -0.2) is 0 Å². The second kappa shape index (κ2) is 3.01. The third-order valence-electron chi connectivity index (χ3n) is 1.05. The van der Waals surface area contributed by atoms with Crippen LogP contribution in [0.1, 0.15) is 5.56 Å². The predicted octanol–water partition coefficient (Wildman–Crippen LogP) is 2.63. The largest absolute Gasteiger partial charge is 0.0906 e. The van der Waals surface area contributed by atoms with Gasteiger partial charge in [-0.05, 0) is 46.4 Å². The van der Waals surface area contributed by atoms with Crippen molar-refractivity contribution in [2.75, 3.05) is 0 Å². The predicted molar refractivity (Wildman–Crippen MR) is 47.1 cm³/mol. The molecule has 0 saturated carbocycles. The lowest BCUT2D eigenvalue weighted by atomic mass is 10.2. The van der Waals surface area contributed by atoms with Gasteiger partial charge in [0, 0.05) is 3.57 Å². The van der Waals surface area contributed by atoms with Crippen LogP contribution in [0, 0.1) is 9.65 Å². The Morgan fingerprint density at radius 3 is 2.22 bits per heavy atom. The van der Waals surface area contributed by atoms with Crippen LogP contribution in [0.25, 0.3) is 0 Å². The maximum absolute atomic E-state index is 3.53. The Bertz CT molecular complexity index is 198. The average molecular weight is 229 g/mol. The standard InChI is InChI=1S/C8H6I/c1-2-7-3-5-8(9)6-4-7/h3-6H,1H2. The van der Waals surface area contributed by atoms with E-state index in [9.17, 15) is 0 Å². The van der Waals surface area contributed by atoms with E-state index in [4.69, 9.17) is 0 Å². The van der Waals surface area contributed by atoms with Crippen LogP contribution in [0.4, 0.5) is 0 Å². The SMILES string of the molecule is C=[C]c1ccc(I)cc1. The number of halogens is 1. The van der Waals surface area contributed by atoms with Crippen molar-refractivity contribution in [2.24, 2.45) is 0 Å². The summed E-state index contributed by atoms with van der Waals surface area (Å²) in [5.74, 6) is 0. The topological polar surface area (TPSA) is 0 Å². The Hall–Kier alpha value is -0.310. The minimum absolute atomic E-state index is 1.05. The maximum Gasteiger partial charge on any atom is 0.0130 e. The molecule has 0 nitrogen and oxygen atoms in total. The van der Waals surface area contributed by atoms with Gasteiger partial charge in [0.15, 0.2) is 0 Å². The van der Waals surface area contributed by atoms with Crippen LogP contribution in [0.3, 0.4) is 0 Å². The highest BCUT2D eigenvalue weighted by Gasteiger charge is 1.84. The molecular weight excluding hydrogens is 223 g/mol. The van der Waals surface area contributed by atoms with E-state index >= 15 is 0 Å². The van der Waals surface area contributed by atoms with Gasteiger partial charge in [-0.15, -0.1) is 0 Å². The lowest BCUT2D eigenvalue weighted by Crippen LogP contribution is -1.72. The summed E-state index contributed by atoms with van der Waals surface area (Å²) in [4.78, 5) is 0. The molecular formula is C8H6I. The highest BCUT2D eigenvalue weighted by Crippen LogP contribution is 2.05. The van der Waals surface area contributed by atoms with Gasteiger partial charge in [0.25, 0.3) is 0 Å². The fraction of sp³-hybridized carbons (Fsp3) is 0. The van der Waals surface area contributed by atoms with Crippen LogP contribution < -0.4 is 0 Å². The molecule has 9 heavy (non-hydrogen) atoms. The quantitative estimate of drug-likeness (QED) is 0.649. The molecule has 0 aromatic heterocycles. The number of hydrogen-bond donors (Lipinski definition) is 0. The highest BCUT2D eigenvalue weighted by atomic mass is 127. The number of hydrogen-bond acceptors (Lipinski definition) is 0. The molecule has 1 aromatic carbocycles. The summed E-state index contributed by atoms with van der Waals surface area (Å²) in [5.41, 5.74) is 1.05. The Balaban J connectivity index is 3.01. The molecule has 0 aliphatic rings. The molecule has 0 aliphatic carbocycles. The molecule has 0 saturated heterocycles. The normalized spacial score (nSPS) is 9.00. The van der Waals surface area contributed by atoms with Gasteiger partial charge < -0.3 is 0 Å². The molecule has 1 radical (unpaired) electrons. The highest BCUT2D eigenvalue weighted by molar-refractivity contribution is 14.1. The minimum Gasteiger partial charge on any atom is -0.0906 e. The first-order valence-corrected chi connectivity index (χ1v) is 3.69. The molecule has 0 N–H and O–H groups in total. The van der Waals surface area contributed by atoms with Crippen LogP contribution in [0.2, 0.25) is 0 Å². The first-order chi connectivity index (χ1) is 4.33. The lowest BCUT2D eigenvalue weighted by molar-refractivity contribution is 1.55. The molecule has 1 heteroatoms. The van der Waals surface area contributed by atoms with Gasteiger partial charge in [-0.2, -0.15) is 0 Å². The number of rotatable bonds is 1. The van der Waals surface area contributed by atoms with Crippen LogP contribution in [0.5, 0.6) is 0 Å². The Morgan fingerprint density at radius 1 is 1.22 bits per heavy atom. The second-order valence-electron chi connectivity index (χ2n) is 1.68. The maximum atomic E-state index is 3.53. The van der Waals surface area contributed by atoms with Crippen molar-refractivity contribution in [3.8, 4) is 0 Å². The van der Waals surface area contributed by atoms with Crippen molar-refractivity contribution in [1.29, 1.82) is 0 Å². The molecule has 0 heterocycles. The summed E-state index contributed by atoms with van der Waals surface area (Å²) in [6.07, 6.45) is 2.80. The molecule has 0 bridgehead atoms. The molecule has 45 valence electrons. The molecule has 1 aromatic rings. The van der Waals surface area contributed by atoms with E-state index in [1.807, 2.05) is 24.3 Å². The molecule has 0 aliphatic heterocycles. The molecule has 0 amide bonds. The van der Waals surface area contributed by atoms with Crippen LogP contribution in [-0.2, 0) is 0 Å². The fourth-order valence-electron chi connectivity index (χ4n) is 0.568. The zero-order valence-electron chi connectivity index (χ0n) is 4.89. The molecule has 1 rings (SSSR count). The van der Waals surface area contributed by atoms with Gasteiger partial charge >= 0.3 is 0 Å². The summed E-state index contributed by atoms with van der Waals surface area (Å²) in [6.45, 7) is 3.53. The third kappa shape index (κ3) is 1.82. The van der Waals surface area contributed by atoms with E-state index in [1.165, 1.54) is 3.57 Å². The van der Waals surface area contributed by atoms with Crippen molar-refractivity contribution in [3.05, 3.63) is 46.1 Å². The van der Waals surface area contributed by atoms with E-state index in [2.05, 4.69) is 35.2 Å². The summed E-state index contributed by atoms with van der Waals surface area (Å²) < 4.78 is 1.24. The Kier molecular flexibility index (Phi) is 2.28. The lowest BCUT2D eigenvalue weighted by Gasteiger charge is -1.89. The Labute approximate surface area is 68.7 Å². The van der Waals surface area contributed by atoms with Crippen molar-refractivity contribution in [2.45, 2.75) is 0 Å². The Morgan fingerprint density at radius 2 is 1.78 bits per heavy atom. The second-order valence-corrected chi connectivity index (χ2v) is 2.93. The first kappa shape index (κ1) is 6.81. The zero-order chi connectivity index (χ0) is 6.69. The van der Waals surface area contributed by atoms with Gasteiger partial charge in [0.1, 0.15) is 0 Å². The van der Waals surface area contributed by atoms with E-state index in [-0.39, 0.29) is 0 Å². The third-order valence-corrected chi connectivity index (χ3v) is 1.77. The van der Waals surface area contributed by atoms with Gasteiger partial charge in [0.05, 0.1) is 0 Å². The van der Waals surface area contributed by atoms with Crippen molar-refractivity contribution >= 4 is 22.6 Å². The van der Waals surface area contributed by atoms with E-state index in [0.717, 1.165) is 5.56 Å². The minimum atomic E-state index is 1.05. The van der Waals surface area contributed by atoms with Gasteiger partial charge in [-0.1, -0.05) is 18.7 Å². The van der Waals surface area contributed by atoms with E-state index in [0.29, 0.717) is 0 Å². The average Bonchev–Trinajstić information content (AvgIpc) is 1.90. The molecule has 0 fully saturated rings.